The minimum absolute atomic E-state index is 0.0191. The summed E-state index contributed by atoms with van der Waals surface area (Å²) >= 11 is 0. The van der Waals surface area contributed by atoms with E-state index < -0.39 is 17.8 Å². The molecule has 0 aromatic heterocycles. The van der Waals surface area contributed by atoms with Gasteiger partial charge in [0.1, 0.15) is 17.6 Å². The molecule has 44 heavy (non-hydrogen) atoms. The predicted octanol–water partition coefficient (Wildman–Crippen LogP) is 4.94. The highest BCUT2D eigenvalue weighted by Crippen LogP contribution is 2.42. The highest BCUT2D eigenvalue weighted by molar-refractivity contribution is 6.06. The number of fused-ring (bicyclic) bond motifs is 1. The number of hydrogen-bond acceptors (Lipinski definition) is 8. The molecule has 2 aromatic rings. The number of carboxylic acids is 1. The topological polar surface area (TPSA) is 116 Å². The van der Waals surface area contributed by atoms with Crippen molar-refractivity contribution in [1.29, 1.82) is 5.41 Å². The van der Waals surface area contributed by atoms with Crippen molar-refractivity contribution in [1.82, 2.24) is 9.80 Å². The number of benzene rings is 2. The molecule has 4 rings (SSSR count). The van der Waals surface area contributed by atoms with Crippen LogP contribution in [0.25, 0.3) is 0 Å². The molecule has 11 heteroatoms. The molecule has 0 aliphatic carbocycles. The van der Waals surface area contributed by atoms with Gasteiger partial charge in [-0.05, 0) is 49.4 Å². The highest BCUT2D eigenvalue weighted by Gasteiger charge is 2.35. The second-order valence-electron chi connectivity index (χ2n) is 12.2. The zero-order valence-electron chi connectivity index (χ0n) is 26.9. The Morgan fingerprint density at radius 2 is 1.68 bits per heavy atom. The molecule has 2 heterocycles. The number of anilines is 1. The molecule has 2 aliphatic rings. The number of ether oxygens (including phenoxy) is 3. The van der Waals surface area contributed by atoms with Crippen molar-refractivity contribution in [2.45, 2.75) is 66.0 Å². The number of aliphatic carboxylic acids is 1. The van der Waals surface area contributed by atoms with Crippen LogP contribution in [0.15, 0.2) is 18.2 Å². The van der Waals surface area contributed by atoms with E-state index >= 15 is 4.39 Å². The van der Waals surface area contributed by atoms with Crippen molar-refractivity contribution in [3.63, 3.8) is 0 Å². The van der Waals surface area contributed by atoms with Gasteiger partial charge in [-0.2, -0.15) is 0 Å². The predicted molar refractivity (Wildman–Crippen MR) is 168 cm³/mol. The van der Waals surface area contributed by atoms with Gasteiger partial charge in [-0.15, -0.1) is 0 Å². The molecule has 1 saturated heterocycles. The molecule has 0 bridgehead atoms. The monoisotopic (exact) mass is 612 g/mol. The van der Waals surface area contributed by atoms with Crippen molar-refractivity contribution in [2.75, 3.05) is 57.9 Å². The molecule has 1 atom stereocenters. The van der Waals surface area contributed by atoms with E-state index in [1.807, 2.05) is 24.0 Å². The summed E-state index contributed by atoms with van der Waals surface area (Å²) in [7, 11) is 1.62. The van der Waals surface area contributed by atoms with E-state index in [1.54, 1.807) is 31.9 Å². The maximum atomic E-state index is 15.6. The Bertz CT molecular complexity index is 1410. The van der Waals surface area contributed by atoms with Crippen LogP contribution in [-0.4, -0.2) is 91.6 Å². The summed E-state index contributed by atoms with van der Waals surface area (Å²) < 4.78 is 32.7. The summed E-state index contributed by atoms with van der Waals surface area (Å²) in [6.07, 6.45) is 0.524. The number of halogens is 1. The molecule has 240 valence electrons. The van der Waals surface area contributed by atoms with Gasteiger partial charge in [-0.25, -0.2) is 4.39 Å². The van der Waals surface area contributed by atoms with E-state index in [0.717, 1.165) is 11.3 Å². The number of ketones is 1. The Morgan fingerprint density at radius 1 is 1.02 bits per heavy atom. The molecule has 2 aromatic carbocycles. The SMILES string of the molecule is CCOc1cc2c(c(F)c1OCC)C(=N)N(CC(=O)c1cc(N3CCN(C(CC)C(=O)O)CC3)c(OC)c(C(C)(C)C)c1)C2. The van der Waals surface area contributed by atoms with E-state index in [9.17, 15) is 14.7 Å². The lowest BCUT2D eigenvalue weighted by atomic mass is 9.84. The molecule has 1 fully saturated rings. The van der Waals surface area contributed by atoms with E-state index in [0.29, 0.717) is 56.1 Å². The summed E-state index contributed by atoms with van der Waals surface area (Å²) in [4.78, 5) is 31.3. The lowest BCUT2D eigenvalue weighted by molar-refractivity contribution is -0.143. The number of methoxy groups -OCH3 is 1. The molecule has 2 N–H and O–H groups in total. The quantitative estimate of drug-likeness (QED) is 0.322. The Hall–Kier alpha value is -3.86. The maximum Gasteiger partial charge on any atom is 0.320 e. The number of nitrogens with zero attached hydrogens (tertiary/aromatic N) is 3. The first-order valence-corrected chi connectivity index (χ1v) is 15.3. The van der Waals surface area contributed by atoms with Gasteiger partial charge in [0.25, 0.3) is 0 Å². The van der Waals surface area contributed by atoms with Gasteiger partial charge < -0.3 is 29.1 Å². The Balaban J connectivity index is 1.63. The van der Waals surface area contributed by atoms with Gasteiger partial charge in [0.05, 0.1) is 38.1 Å². The Labute approximate surface area is 259 Å². The van der Waals surface area contributed by atoms with E-state index in [1.165, 1.54) is 0 Å². The Kier molecular flexibility index (Phi) is 10.1. The summed E-state index contributed by atoms with van der Waals surface area (Å²) in [6.45, 7) is 14.6. The van der Waals surface area contributed by atoms with Crippen LogP contribution >= 0.6 is 0 Å². The summed E-state index contributed by atoms with van der Waals surface area (Å²) in [5.74, 6) is -0.796. The number of amidine groups is 1. The van der Waals surface area contributed by atoms with Gasteiger partial charge >= 0.3 is 5.97 Å². The first-order valence-electron chi connectivity index (χ1n) is 15.3. The normalized spacial score (nSPS) is 16.1. The fraction of sp³-hybridized carbons (Fsp3) is 0.545. The van der Waals surface area contributed by atoms with Crippen molar-refractivity contribution < 1.29 is 33.3 Å². The fourth-order valence-corrected chi connectivity index (χ4v) is 6.07. The smallest absolute Gasteiger partial charge is 0.320 e. The minimum atomic E-state index is -0.820. The molecule has 0 saturated carbocycles. The number of carbonyl (C=O) groups excluding carboxylic acids is 1. The van der Waals surface area contributed by atoms with E-state index in [-0.39, 0.29) is 53.8 Å². The van der Waals surface area contributed by atoms with Crippen molar-refractivity contribution in [3.05, 3.63) is 46.3 Å². The van der Waals surface area contributed by atoms with Crippen LogP contribution < -0.4 is 19.1 Å². The number of carbonyl (C=O) groups is 2. The van der Waals surface area contributed by atoms with Crippen LogP contribution in [0, 0.1) is 11.2 Å². The molecular weight excluding hydrogens is 567 g/mol. The first kappa shape index (κ1) is 33.0. The van der Waals surface area contributed by atoms with Crippen molar-refractivity contribution in [2.24, 2.45) is 0 Å². The third-order valence-corrected chi connectivity index (χ3v) is 8.28. The molecule has 0 spiro atoms. The average molecular weight is 613 g/mol. The summed E-state index contributed by atoms with van der Waals surface area (Å²) in [5.41, 5.74) is 2.47. The first-order chi connectivity index (χ1) is 20.9. The van der Waals surface area contributed by atoms with Crippen molar-refractivity contribution >= 4 is 23.3 Å². The van der Waals surface area contributed by atoms with Gasteiger partial charge in [-0.3, -0.25) is 19.9 Å². The van der Waals surface area contributed by atoms with Gasteiger partial charge in [-0.1, -0.05) is 27.7 Å². The second kappa shape index (κ2) is 13.4. The van der Waals surface area contributed by atoms with Gasteiger partial charge in [0, 0.05) is 43.9 Å². The maximum absolute atomic E-state index is 15.6. The van der Waals surface area contributed by atoms with Crippen LogP contribution in [0.1, 0.15) is 75.0 Å². The molecule has 1 unspecified atom stereocenters. The second-order valence-corrected chi connectivity index (χ2v) is 12.2. The average Bonchev–Trinajstić information content (AvgIpc) is 3.28. The number of rotatable bonds is 12. The fourth-order valence-electron chi connectivity index (χ4n) is 6.07. The zero-order chi connectivity index (χ0) is 32.3. The molecule has 10 nitrogen and oxygen atoms in total. The van der Waals surface area contributed by atoms with Crippen molar-refractivity contribution in [3.8, 4) is 17.2 Å². The largest absolute Gasteiger partial charge is 0.494 e. The molecule has 0 radical (unpaired) electrons. The Morgan fingerprint density at radius 3 is 2.23 bits per heavy atom. The van der Waals surface area contributed by atoms with Crippen LogP contribution in [0.3, 0.4) is 0 Å². The van der Waals surface area contributed by atoms with Crippen LogP contribution in [-0.2, 0) is 16.8 Å². The van der Waals surface area contributed by atoms with Crippen LogP contribution in [0.4, 0.5) is 10.1 Å². The molecule has 2 aliphatic heterocycles. The van der Waals surface area contributed by atoms with E-state index in [4.69, 9.17) is 19.6 Å². The number of piperazine rings is 1. The van der Waals surface area contributed by atoms with Gasteiger partial charge in [0.2, 0.25) is 0 Å². The number of hydrogen-bond donors (Lipinski definition) is 2. The summed E-state index contributed by atoms with van der Waals surface area (Å²) in [6, 6.07) is 4.85. The van der Waals surface area contributed by atoms with Crippen LogP contribution in [0.2, 0.25) is 0 Å². The highest BCUT2D eigenvalue weighted by atomic mass is 19.1. The number of nitrogens with one attached hydrogen (secondary N) is 1. The summed E-state index contributed by atoms with van der Waals surface area (Å²) in [5, 5.41) is 18.4. The number of Topliss-reactive ketones (excluding diaryl/α,β-unsaturated/α-hetero) is 1. The standard InChI is InChI=1S/C33H45FN4O6/c1-8-23(32(40)41)36-11-13-37(14-12-36)24-16-20(15-22(29(24)42-7)33(4,5)6)25(39)19-38-18-21-17-26(43-9-2)30(44-10-3)28(34)27(21)31(38)35/h15-17,23,35H,8-14,18-19H2,1-7H3,(H,40,41). The lowest BCUT2D eigenvalue weighted by Gasteiger charge is -2.39. The zero-order valence-corrected chi connectivity index (χ0v) is 26.9. The lowest BCUT2D eigenvalue weighted by Crippen LogP contribution is -2.52. The molecular formula is C33H45FN4O6. The van der Waals surface area contributed by atoms with E-state index in [2.05, 4.69) is 25.7 Å². The molecule has 0 amide bonds. The van der Waals surface area contributed by atoms with Gasteiger partial charge in [0.15, 0.2) is 23.1 Å². The number of carboxylic acid groups (broad SMARTS) is 1. The van der Waals surface area contributed by atoms with Crippen LogP contribution in [0.5, 0.6) is 17.2 Å². The third-order valence-electron chi connectivity index (χ3n) is 8.28. The minimum Gasteiger partial charge on any atom is -0.494 e. The third kappa shape index (κ3) is 6.47.